The third-order valence-electron chi connectivity index (χ3n) is 5.09. The van der Waals surface area contributed by atoms with Gasteiger partial charge in [-0.3, -0.25) is 4.79 Å². The number of aliphatic hydroxyl groups is 1. The largest absolute Gasteiger partial charge is 0.388 e. The SMILES string of the molecule is CO[C@@H]1CCCC[C@@H](N(C)C(=O)c2cc3c(s2)CCC3)[C@H]1O. The van der Waals surface area contributed by atoms with Crippen molar-refractivity contribution in [3.05, 3.63) is 21.4 Å². The number of carbonyl (C=O) groups is 1. The molecule has 1 saturated carbocycles. The lowest BCUT2D eigenvalue weighted by atomic mass is 10.0. The second kappa shape index (κ2) is 6.69. The maximum Gasteiger partial charge on any atom is 0.264 e. The van der Waals surface area contributed by atoms with Crippen molar-refractivity contribution in [1.29, 1.82) is 0 Å². The Morgan fingerprint density at radius 1 is 1.32 bits per heavy atom. The van der Waals surface area contributed by atoms with Crippen LogP contribution in [0.4, 0.5) is 0 Å². The minimum absolute atomic E-state index is 0.0419. The van der Waals surface area contributed by atoms with Gasteiger partial charge in [0.2, 0.25) is 0 Å². The van der Waals surface area contributed by atoms with Crippen LogP contribution < -0.4 is 0 Å². The van der Waals surface area contributed by atoms with Crippen LogP contribution in [0, 0.1) is 0 Å². The van der Waals surface area contributed by atoms with E-state index in [0.29, 0.717) is 0 Å². The molecule has 0 aromatic carbocycles. The Labute approximate surface area is 136 Å². The monoisotopic (exact) mass is 323 g/mol. The number of methoxy groups -OCH3 is 1. The van der Waals surface area contributed by atoms with Crippen molar-refractivity contribution in [2.24, 2.45) is 0 Å². The number of nitrogens with zero attached hydrogens (tertiary/aromatic N) is 1. The Hall–Kier alpha value is -0.910. The van der Waals surface area contributed by atoms with E-state index in [9.17, 15) is 9.90 Å². The Bertz CT molecular complexity index is 521. The van der Waals surface area contributed by atoms with Gasteiger partial charge >= 0.3 is 0 Å². The van der Waals surface area contributed by atoms with Crippen molar-refractivity contribution in [2.75, 3.05) is 14.2 Å². The molecule has 1 N–H and O–H groups in total. The summed E-state index contributed by atoms with van der Waals surface area (Å²) in [5, 5.41) is 10.6. The van der Waals surface area contributed by atoms with E-state index in [2.05, 4.69) is 6.07 Å². The molecule has 0 bridgehead atoms. The molecule has 1 heterocycles. The summed E-state index contributed by atoms with van der Waals surface area (Å²) in [6.45, 7) is 0. The molecule has 1 amide bonds. The number of rotatable bonds is 3. The highest BCUT2D eigenvalue weighted by atomic mass is 32.1. The molecule has 22 heavy (non-hydrogen) atoms. The first kappa shape index (κ1) is 16.0. The highest BCUT2D eigenvalue weighted by Gasteiger charge is 2.35. The van der Waals surface area contributed by atoms with Crippen LogP contribution >= 0.6 is 11.3 Å². The van der Waals surface area contributed by atoms with Crippen molar-refractivity contribution in [2.45, 2.75) is 63.2 Å². The number of aliphatic hydroxyl groups excluding tert-OH is 1. The zero-order valence-corrected chi connectivity index (χ0v) is 14.2. The van der Waals surface area contributed by atoms with E-state index in [1.165, 1.54) is 16.9 Å². The molecule has 0 unspecified atom stereocenters. The molecular formula is C17H25NO3S. The molecule has 0 saturated heterocycles. The van der Waals surface area contributed by atoms with Gasteiger partial charge < -0.3 is 14.7 Å². The van der Waals surface area contributed by atoms with Crippen LogP contribution in [0.1, 0.15) is 52.2 Å². The number of fused-ring (bicyclic) bond motifs is 1. The maximum atomic E-state index is 12.8. The van der Waals surface area contributed by atoms with E-state index in [1.54, 1.807) is 23.3 Å². The van der Waals surface area contributed by atoms with Gasteiger partial charge in [0.1, 0.15) is 6.10 Å². The molecule has 0 aliphatic heterocycles. The van der Waals surface area contributed by atoms with Gasteiger partial charge in [-0.25, -0.2) is 0 Å². The number of aryl methyl sites for hydroxylation is 2. The molecule has 3 rings (SSSR count). The number of hydrogen-bond acceptors (Lipinski definition) is 4. The van der Waals surface area contributed by atoms with E-state index < -0.39 is 6.10 Å². The molecule has 0 spiro atoms. The van der Waals surface area contributed by atoms with Gasteiger partial charge in [0.25, 0.3) is 5.91 Å². The normalized spacial score (nSPS) is 28.2. The highest BCUT2D eigenvalue weighted by molar-refractivity contribution is 7.14. The van der Waals surface area contributed by atoms with Crippen molar-refractivity contribution in [1.82, 2.24) is 4.90 Å². The van der Waals surface area contributed by atoms with E-state index in [-0.39, 0.29) is 18.1 Å². The van der Waals surface area contributed by atoms with Gasteiger partial charge in [-0.1, -0.05) is 12.8 Å². The summed E-state index contributed by atoms with van der Waals surface area (Å²) in [5.41, 5.74) is 1.35. The van der Waals surface area contributed by atoms with Gasteiger partial charge in [0.15, 0.2) is 0 Å². The number of likely N-dealkylation sites (N-methyl/N-ethyl adjacent to an activating group) is 1. The summed E-state index contributed by atoms with van der Waals surface area (Å²) in [4.78, 5) is 16.7. The second-order valence-electron chi connectivity index (χ2n) is 6.45. The van der Waals surface area contributed by atoms with E-state index in [4.69, 9.17) is 4.74 Å². The average Bonchev–Trinajstić information content (AvgIpc) is 3.05. The third kappa shape index (κ3) is 2.94. The van der Waals surface area contributed by atoms with Crippen LogP contribution in [0.5, 0.6) is 0 Å². The summed E-state index contributed by atoms with van der Waals surface area (Å²) in [7, 11) is 3.46. The molecule has 2 aliphatic rings. The molecule has 1 fully saturated rings. The van der Waals surface area contributed by atoms with E-state index in [0.717, 1.165) is 43.4 Å². The quantitative estimate of drug-likeness (QED) is 0.870. The Morgan fingerprint density at radius 3 is 2.82 bits per heavy atom. The number of hydrogen-bond donors (Lipinski definition) is 1. The minimum Gasteiger partial charge on any atom is -0.388 e. The summed E-state index contributed by atoms with van der Waals surface area (Å²) in [6, 6.07) is 1.90. The number of amides is 1. The van der Waals surface area contributed by atoms with Crippen molar-refractivity contribution in [3.63, 3.8) is 0 Å². The van der Waals surface area contributed by atoms with Crippen LogP contribution in [0.3, 0.4) is 0 Å². The van der Waals surface area contributed by atoms with Crippen LogP contribution in [0.15, 0.2) is 6.07 Å². The summed E-state index contributed by atoms with van der Waals surface area (Å²) >= 11 is 1.63. The van der Waals surface area contributed by atoms with Gasteiger partial charge in [0.05, 0.1) is 17.0 Å². The Morgan fingerprint density at radius 2 is 2.09 bits per heavy atom. The fourth-order valence-corrected chi connectivity index (χ4v) is 4.96. The number of ether oxygens (including phenoxy) is 1. The minimum atomic E-state index is -0.603. The first-order valence-corrected chi connectivity index (χ1v) is 9.03. The Balaban J connectivity index is 1.75. The fraction of sp³-hybridized carbons (Fsp3) is 0.706. The molecule has 3 atom stereocenters. The van der Waals surface area contributed by atoms with Gasteiger partial charge in [-0.2, -0.15) is 0 Å². The first-order chi connectivity index (χ1) is 10.6. The first-order valence-electron chi connectivity index (χ1n) is 8.21. The molecule has 122 valence electrons. The van der Waals surface area contributed by atoms with Crippen LogP contribution in [0.2, 0.25) is 0 Å². The van der Waals surface area contributed by atoms with Crippen LogP contribution in [0.25, 0.3) is 0 Å². The summed E-state index contributed by atoms with van der Waals surface area (Å²) < 4.78 is 5.41. The van der Waals surface area contributed by atoms with Gasteiger partial charge in [-0.15, -0.1) is 11.3 Å². The standard InChI is InChI=1S/C17H25NO3S/c1-18(12-7-3-4-8-13(21-2)16(12)19)17(20)15-10-11-6-5-9-14(11)22-15/h10,12-13,16,19H,3-9H2,1-2H3/t12-,13-,16-/m1/s1. The molecular weight excluding hydrogens is 298 g/mol. The highest BCUT2D eigenvalue weighted by Crippen LogP contribution is 2.32. The van der Waals surface area contributed by atoms with Crippen molar-refractivity contribution >= 4 is 17.2 Å². The van der Waals surface area contributed by atoms with E-state index >= 15 is 0 Å². The third-order valence-corrected chi connectivity index (χ3v) is 6.32. The lowest BCUT2D eigenvalue weighted by Gasteiger charge is -2.33. The van der Waals surface area contributed by atoms with Crippen molar-refractivity contribution < 1.29 is 14.6 Å². The predicted octanol–water partition coefficient (Wildman–Crippen LogP) is 2.63. The average molecular weight is 323 g/mol. The lowest BCUT2D eigenvalue weighted by molar-refractivity contribution is -0.0462. The number of carbonyl (C=O) groups excluding carboxylic acids is 1. The van der Waals surface area contributed by atoms with Gasteiger partial charge in [-0.05, 0) is 43.7 Å². The van der Waals surface area contributed by atoms with Crippen molar-refractivity contribution in [3.8, 4) is 0 Å². The van der Waals surface area contributed by atoms with E-state index in [1.807, 2.05) is 7.05 Å². The molecule has 1 aromatic rings. The molecule has 4 nitrogen and oxygen atoms in total. The lowest BCUT2D eigenvalue weighted by Crippen LogP contribution is -2.48. The second-order valence-corrected chi connectivity index (χ2v) is 7.58. The zero-order valence-electron chi connectivity index (χ0n) is 13.4. The molecule has 2 aliphatic carbocycles. The van der Waals surface area contributed by atoms with Crippen LogP contribution in [-0.2, 0) is 17.6 Å². The molecule has 5 heteroatoms. The predicted molar refractivity (Wildman–Crippen MR) is 87.5 cm³/mol. The topological polar surface area (TPSA) is 49.8 Å². The summed E-state index contributed by atoms with van der Waals surface area (Å²) in [5.74, 6) is 0.0419. The summed E-state index contributed by atoms with van der Waals surface area (Å²) in [6.07, 6.45) is 6.42. The Kier molecular flexibility index (Phi) is 4.85. The number of thiophene rings is 1. The molecule has 0 radical (unpaired) electrons. The van der Waals surface area contributed by atoms with Crippen LogP contribution in [-0.4, -0.2) is 48.3 Å². The fourth-order valence-electron chi connectivity index (χ4n) is 3.73. The van der Waals surface area contributed by atoms with Gasteiger partial charge in [0, 0.05) is 19.0 Å². The smallest absolute Gasteiger partial charge is 0.264 e. The maximum absolute atomic E-state index is 12.8. The molecule has 1 aromatic heterocycles. The zero-order chi connectivity index (χ0) is 15.7.